The second-order valence-corrected chi connectivity index (χ2v) is 13.0. The zero-order chi connectivity index (χ0) is 29.8. The van der Waals surface area contributed by atoms with Crippen molar-refractivity contribution in [1.82, 2.24) is 0 Å². The quantitative estimate of drug-likeness (QED) is 0.0667. The van der Waals surface area contributed by atoms with Gasteiger partial charge in [0.1, 0.15) is 0 Å². The summed E-state index contributed by atoms with van der Waals surface area (Å²) >= 11 is 0. The summed E-state index contributed by atoms with van der Waals surface area (Å²) in [6.45, 7) is 14.6. The number of hydrogen-bond acceptors (Lipinski definition) is 4. The van der Waals surface area contributed by atoms with Gasteiger partial charge in [-0.1, -0.05) is 151 Å². The fourth-order valence-electron chi connectivity index (χ4n) is 5.87. The molecule has 0 saturated heterocycles. The molecule has 2 atom stereocenters. The van der Waals surface area contributed by atoms with Crippen molar-refractivity contribution in [2.24, 2.45) is 23.7 Å². The molecular formula is C36H70O4. The summed E-state index contributed by atoms with van der Waals surface area (Å²) in [7, 11) is 0. The van der Waals surface area contributed by atoms with Crippen molar-refractivity contribution in [3.63, 3.8) is 0 Å². The smallest absolute Gasteiger partial charge is 0.309 e. The predicted molar refractivity (Wildman–Crippen MR) is 171 cm³/mol. The topological polar surface area (TPSA) is 52.6 Å². The van der Waals surface area contributed by atoms with E-state index >= 15 is 0 Å². The maximum Gasteiger partial charge on any atom is 0.309 e. The number of esters is 2. The lowest BCUT2D eigenvalue weighted by molar-refractivity contribution is -0.153. The first-order chi connectivity index (χ1) is 19.3. The Labute approximate surface area is 250 Å². The number of hydrogen-bond donors (Lipinski definition) is 0. The van der Waals surface area contributed by atoms with Gasteiger partial charge in [-0.15, -0.1) is 0 Å². The van der Waals surface area contributed by atoms with E-state index in [0.29, 0.717) is 37.4 Å². The average molecular weight is 567 g/mol. The molecular weight excluding hydrogens is 496 g/mol. The third-order valence-corrected chi connectivity index (χ3v) is 8.48. The highest BCUT2D eigenvalue weighted by atomic mass is 16.5. The van der Waals surface area contributed by atoms with Crippen LogP contribution >= 0.6 is 0 Å². The molecule has 0 rings (SSSR count). The molecule has 40 heavy (non-hydrogen) atoms. The minimum atomic E-state index is -0.0146. The van der Waals surface area contributed by atoms with E-state index in [1.807, 2.05) is 0 Å². The second kappa shape index (κ2) is 28.1. The summed E-state index contributed by atoms with van der Waals surface area (Å²) < 4.78 is 11.2. The minimum absolute atomic E-state index is 0.0116. The normalized spacial score (nSPS) is 13.1. The molecule has 0 heterocycles. The van der Waals surface area contributed by atoms with E-state index in [2.05, 4.69) is 41.5 Å². The van der Waals surface area contributed by atoms with Crippen molar-refractivity contribution in [3.8, 4) is 0 Å². The Kier molecular flexibility index (Phi) is 27.3. The Balaban J connectivity index is 3.95. The highest BCUT2D eigenvalue weighted by Gasteiger charge is 2.33. The van der Waals surface area contributed by atoms with Crippen LogP contribution in [0.1, 0.15) is 183 Å². The molecule has 0 radical (unpaired) electrons. The molecule has 2 unspecified atom stereocenters. The molecule has 0 fully saturated rings. The van der Waals surface area contributed by atoms with E-state index in [1.165, 1.54) is 103 Å². The van der Waals surface area contributed by atoms with E-state index in [4.69, 9.17) is 9.47 Å². The van der Waals surface area contributed by atoms with Gasteiger partial charge in [0.25, 0.3) is 0 Å². The monoisotopic (exact) mass is 567 g/mol. The first kappa shape index (κ1) is 38.9. The molecule has 0 aliphatic rings. The van der Waals surface area contributed by atoms with Crippen molar-refractivity contribution in [2.45, 2.75) is 183 Å². The van der Waals surface area contributed by atoms with Crippen molar-refractivity contribution in [1.29, 1.82) is 0 Å². The van der Waals surface area contributed by atoms with Crippen LogP contribution in [0.3, 0.4) is 0 Å². The summed E-state index contributed by atoms with van der Waals surface area (Å²) in [5.41, 5.74) is 0. The Morgan fingerprint density at radius 3 is 1.40 bits per heavy atom. The van der Waals surface area contributed by atoms with Crippen LogP contribution in [0.2, 0.25) is 0 Å². The largest absolute Gasteiger partial charge is 0.466 e. The van der Waals surface area contributed by atoms with Gasteiger partial charge in [0.2, 0.25) is 0 Å². The summed E-state index contributed by atoms with van der Waals surface area (Å²) in [4.78, 5) is 24.9. The Morgan fingerprint density at radius 1 is 0.500 bits per heavy atom. The molecule has 0 saturated carbocycles. The molecule has 4 heteroatoms. The first-order valence-corrected chi connectivity index (χ1v) is 17.7. The van der Waals surface area contributed by atoms with Gasteiger partial charge in [-0.25, -0.2) is 0 Å². The van der Waals surface area contributed by atoms with Crippen molar-refractivity contribution in [3.05, 3.63) is 0 Å². The SMILES string of the molecule is CCCCCCCCOC(=O)CCCCCCCCCCC(C(C)C)C(C(=O)OCCCCCCCC)C(C)C. The lowest BCUT2D eigenvalue weighted by Gasteiger charge is -2.31. The van der Waals surface area contributed by atoms with Gasteiger partial charge < -0.3 is 9.47 Å². The lowest BCUT2D eigenvalue weighted by atomic mass is 9.74. The van der Waals surface area contributed by atoms with Gasteiger partial charge in [-0.3, -0.25) is 9.59 Å². The Hall–Kier alpha value is -1.06. The standard InChI is InChI=1S/C36H70O4/c1-7-9-11-13-21-25-29-39-34(37)28-24-20-18-16-15-17-19-23-27-33(31(3)4)35(32(5)6)36(38)40-30-26-22-14-12-10-8-2/h31-33,35H,7-30H2,1-6H3. The van der Waals surface area contributed by atoms with E-state index in [9.17, 15) is 9.59 Å². The molecule has 238 valence electrons. The molecule has 0 spiro atoms. The van der Waals surface area contributed by atoms with Crippen molar-refractivity contribution < 1.29 is 19.1 Å². The van der Waals surface area contributed by atoms with Crippen molar-refractivity contribution in [2.75, 3.05) is 13.2 Å². The van der Waals surface area contributed by atoms with E-state index in [1.54, 1.807) is 0 Å². The zero-order valence-electron chi connectivity index (χ0n) is 27.9. The van der Waals surface area contributed by atoms with E-state index in [0.717, 1.165) is 32.1 Å². The summed E-state index contributed by atoms with van der Waals surface area (Å²) in [6, 6.07) is 0. The summed E-state index contributed by atoms with van der Waals surface area (Å²) in [5, 5.41) is 0. The maximum absolute atomic E-state index is 13.0. The van der Waals surface area contributed by atoms with Crippen LogP contribution in [0.5, 0.6) is 0 Å². The fourth-order valence-corrected chi connectivity index (χ4v) is 5.87. The summed E-state index contributed by atoms with van der Waals surface area (Å²) in [6.07, 6.45) is 25.8. The average Bonchev–Trinajstić information content (AvgIpc) is 2.91. The van der Waals surface area contributed by atoms with Gasteiger partial charge in [0.05, 0.1) is 19.1 Å². The summed E-state index contributed by atoms with van der Waals surface area (Å²) in [5.74, 6) is 1.24. The Bertz CT molecular complexity index is 571. The number of ether oxygens (including phenoxy) is 2. The van der Waals surface area contributed by atoms with E-state index < -0.39 is 0 Å². The molecule has 0 aromatic rings. The van der Waals surface area contributed by atoms with Gasteiger partial charge in [0, 0.05) is 6.42 Å². The third kappa shape index (κ3) is 22.6. The molecule has 0 aliphatic heterocycles. The zero-order valence-corrected chi connectivity index (χ0v) is 27.9. The molecule has 0 bridgehead atoms. The van der Waals surface area contributed by atoms with Crippen LogP contribution < -0.4 is 0 Å². The van der Waals surface area contributed by atoms with Gasteiger partial charge in [-0.05, 0) is 43.4 Å². The molecule has 0 aliphatic carbocycles. The van der Waals surface area contributed by atoms with Crippen LogP contribution in [-0.4, -0.2) is 25.2 Å². The van der Waals surface area contributed by atoms with Crippen molar-refractivity contribution >= 4 is 11.9 Å². The number of carbonyl (C=O) groups excluding carboxylic acids is 2. The van der Waals surface area contributed by atoms with E-state index in [-0.39, 0.29) is 17.9 Å². The molecule has 0 amide bonds. The van der Waals surface area contributed by atoms with Crippen LogP contribution in [0, 0.1) is 23.7 Å². The van der Waals surface area contributed by atoms with Crippen LogP contribution in [0.15, 0.2) is 0 Å². The van der Waals surface area contributed by atoms with Gasteiger partial charge in [0.15, 0.2) is 0 Å². The maximum atomic E-state index is 13.0. The fraction of sp³-hybridized carbons (Fsp3) is 0.944. The number of unbranched alkanes of at least 4 members (excludes halogenated alkanes) is 17. The predicted octanol–water partition coefficient (Wildman–Crippen LogP) is 11.2. The Morgan fingerprint density at radius 2 is 0.925 bits per heavy atom. The molecule has 0 aromatic heterocycles. The highest BCUT2D eigenvalue weighted by Crippen LogP contribution is 2.33. The highest BCUT2D eigenvalue weighted by molar-refractivity contribution is 5.73. The van der Waals surface area contributed by atoms with Crippen LogP contribution in [-0.2, 0) is 19.1 Å². The first-order valence-electron chi connectivity index (χ1n) is 17.7. The van der Waals surface area contributed by atoms with Crippen LogP contribution in [0.25, 0.3) is 0 Å². The molecule has 4 nitrogen and oxygen atoms in total. The molecule has 0 aromatic carbocycles. The number of carbonyl (C=O) groups is 2. The van der Waals surface area contributed by atoms with Gasteiger partial charge >= 0.3 is 11.9 Å². The second-order valence-electron chi connectivity index (χ2n) is 13.0. The molecule has 0 N–H and O–H groups in total. The lowest BCUT2D eigenvalue weighted by Crippen LogP contribution is -2.33. The number of rotatable bonds is 29. The minimum Gasteiger partial charge on any atom is -0.466 e. The third-order valence-electron chi connectivity index (χ3n) is 8.48. The van der Waals surface area contributed by atoms with Gasteiger partial charge in [-0.2, -0.15) is 0 Å². The van der Waals surface area contributed by atoms with Crippen LogP contribution in [0.4, 0.5) is 0 Å².